The summed E-state index contributed by atoms with van der Waals surface area (Å²) in [6, 6.07) is 0. The van der Waals surface area contributed by atoms with Gasteiger partial charge in [0, 0.05) is 18.9 Å². The van der Waals surface area contributed by atoms with Crippen LogP contribution in [0.25, 0.3) is 0 Å². The molecule has 0 aliphatic heterocycles. The Labute approximate surface area is 94.9 Å². The number of rotatable bonds is 6. The van der Waals surface area contributed by atoms with E-state index in [1.807, 2.05) is 6.92 Å². The quantitative estimate of drug-likeness (QED) is 0.718. The summed E-state index contributed by atoms with van der Waals surface area (Å²) >= 11 is 0. The smallest absolute Gasteiger partial charge is 0.306 e. The van der Waals surface area contributed by atoms with Gasteiger partial charge in [0.15, 0.2) is 0 Å². The summed E-state index contributed by atoms with van der Waals surface area (Å²) in [5.41, 5.74) is 0.855. The maximum absolute atomic E-state index is 10.6. The van der Waals surface area contributed by atoms with Crippen molar-refractivity contribution in [2.24, 2.45) is 5.92 Å². The maximum Gasteiger partial charge on any atom is 0.306 e. The minimum atomic E-state index is -0.740. The van der Waals surface area contributed by atoms with E-state index in [4.69, 9.17) is 5.11 Å². The summed E-state index contributed by atoms with van der Waals surface area (Å²) in [7, 11) is 0. The van der Waals surface area contributed by atoms with Crippen molar-refractivity contribution in [3.63, 3.8) is 0 Å². The monoisotopic (exact) mass is 223 g/mol. The standard InChI is InChI=1S/C11H17N3O2/c1-8(11(15)16)4-3-5-13-10-9(2)12-6-7-14-10/h6-8H,3-5H2,1-2H3,(H,13,14)(H,15,16). The third kappa shape index (κ3) is 3.84. The molecular weight excluding hydrogens is 206 g/mol. The molecule has 0 fully saturated rings. The van der Waals surface area contributed by atoms with Crippen molar-refractivity contribution in [2.75, 3.05) is 11.9 Å². The number of nitrogens with zero attached hydrogens (tertiary/aromatic N) is 2. The minimum absolute atomic E-state index is 0.287. The number of carbonyl (C=O) groups is 1. The molecule has 0 amide bonds. The minimum Gasteiger partial charge on any atom is -0.481 e. The van der Waals surface area contributed by atoms with Crippen molar-refractivity contribution in [1.82, 2.24) is 9.97 Å². The van der Waals surface area contributed by atoms with E-state index in [0.717, 1.165) is 24.5 Å². The number of carboxylic acid groups (broad SMARTS) is 1. The second-order valence-corrected chi connectivity index (χ2v) is 3.80. The lowest BCUT2D eigenvalue weighted by atomic mass is 10.1. The van der Waals surface area contributed by atoms with Gasteiger partial charge in [-0.15, -0.1) is 0 Å². The molecule has 1 aromatic rings. The van der Waals surface area contributed by atoms with Crippen LogP contribution in [0.3, 0.4) is 0 Å². The van der Waals surface area contributed by atoms with Gasteiger partial charge in [-0.25, -0.2) is 4.98 Å². The van der Waals surface area contributed by atoms with E-state index in [1.54, 1.807) is 19.3 Å². The first-order valence-electron chi connectivity index (χ1n) is 5.35. The van der Waals surface area contributed by atoms with Crippen LogP contribution in [0.4, 0.5) is 5.82 Å². The van der Waals surface area contributed by atoms with E-state index in [2.05, 4.69) is 15.3 Å². The van der Waals surface area contributed by atoms with Crippen LogP contribution < -0.4 is 5.32 Å². The Hall–Kier alpha value is -1.65. The number of carboxylic acids is 1. The van der Waals surface area contributed by atoms with Gasteiger partial charge in [-0.2, -0.15) is 0 Å². The first-order valence-corrected chi connectivity index (χ1v) is 5.35. The Morgan fingerprint density at radius 3 is 2.81 bits per heavy atom. The van der Waals surface area contributed by atoms with Crippen LogP contribution in [0.2, 0.25) is 0 Å². The second kappa shape index (κ2) is 6.05. The molecule has 0 bridgehead atoms. The molecule has 0 saturated carbocycles. The first kappa shape index (κ1) is 12.4. The molecular formula is C11H17N3O2. The zero-order chi connectivity index (χ0) is 12.0. The molecule has 0 saturated heterocycles. The maximum atomic E-state index is 10.6. The summed E-state index contributed by atoms with van der Waals surface area (Å²) in [6.07, 6.45) is 4.76. The van der Waals surface area contributed by atoms with Gasteiger partial charge in [0.1, 0.15) is 5.82 Å². The van der Waals surface area contributed by atoms with Gasteiger partial charge in [0.25, 0.3) is 0 Å². The predicted octanol–water partition coefficient (Wildman–Crippen LogP) is 1.70. The van der Waals surface area contributed by atoms with Crippen LogP contribution in [0.1, 0.15) is 25.5 Å². The molecule has 5 nitrogen and oxygen atoms in total. The van der Waals surface area contributed by atoms with Crippen LogP contribution in [0.15, 0.2) is 12.4 Å². The van der Waals surface area contributed by atoms with Crippen LogP contribution in [0.5, 0.6) is 0 Å². The van der Waals surface area contributed by atoms with Crippen LogP contribution >= 0.6 is 0 Å². The summed E-state index contributed by atoms with van der Waals surface area (Å²) < 4.78 is 0. The highest BCUT2D eigenvalue weighted by Gasteiger charge is 2.09. The van der Waals surface area contributed by atoms with Crippen molar-refractivity contribution in [1.29, 1.82) is 0 Å². The molecule has 5 heteroatoms. The molecule has 0 aliphatic rings. The molecule has 2 N–H and O–H groups in total. The third-order valence-corrected chi connectivity index (χ3v) is 2.41. The highest BCUT2D eigenvalue weighted by molar-refractivity contribution is 5.69. The lowest BCUT2D eigenvalue weighted by molar-refractivity contribution is -0.141. The van der Waals surface area contributed by atoms with E-state index in [1.165, 1.54) is 0 Å². The molecule has 16 heavy (non-hydrogen) atoms. The number of anilines is 1. The van der Waals surface area contributed by atoms with Gasteiger partial charge in [-0.1, -0.05) is 6.92 Å². The Balaban J connectivity index is 2.26. The van der Waals surface area contributed by atoms with E-state index in [-0.39, 0.29) is 5.92 Å². The largest absolute Gasteiger partial charge is 0.481 e. The third-order valence-electron chi connectivity index (χ3n) is 2.41. The molecule has 1 unspecified atom stereocenters. The number of nitrogens with one attached hydrogen (secondary N) is 1. The van der Waals surface area contributed by atoms with E-state index < -0.39 is 5.97 Å². The predicted molar refractivity (Wildman–Crippen MR) is 61.3 cm³/mol. The number of hydrogen-bond acceptors (Lipinski definition) is 4. The van der Waals surface area contributed by atoms with Gasteiger partial charge in [0.2, 0.25) is 0 Å². The van der Waals surface area contributed by atoms with Crippen LogP contribution in [-0.4, -0.2) is 27.6 Å². The molecule has 88 valence electrons. The zero-order valence-corrected chi connectivity index (χ0v) is 9.60. The van der Waals surface area contributed by atoms with Gasteiger partial charge >= 0.3 is 5.97 Å². The van der Waals surface area contributed by atoms with E-state index >= 15 is 0 Å². The second-order valence-electron chi connectivity index (χ2n) is 3.80. The Morgan fingerprint density at radius 1 is 1.50 bits per heavy atom. The van der Waals surface area contributed by atoms with Crippen molar-refractivity contribution in [2.45, 2.75) is 26.7 Å². The van der Waals surface area contributed by atoms with E-state index in [9.17, 15) is 4.79 Å². The first-order chi connectivity index (χ1) is 7.61. The number of aliphatic carboxylic acids is 1. The van der Waals surface area contributed by atoms with Gasteiger partial charge in [-0.05, 0) is 19.8 Å². The fourth-order valence-electron chi connectivity index (χ4n) is 1.32. The zero-order valence-electron chi connectivity index (χ0n) is 9.60. The van der Waals surface area contributed by atoms with Crippen molar-refractivity contribution in [3.8, 4) is 0 Å². The normalized spacial score (nSPS) is 12.1. The summed E-state index contributed by atoms with van der Waals surface area (Å²) in [4.78, 5) is 18.8. The lowest BCUT2D eigenvalue weighted by Crippen LogP contribution is -2.12. The van der Waals surface area contributed by atoms with Gasteiger partial charge in [-0.3, -0.25) is 9.78 Å². The molecule has 0 radical (unpaired) electrons. The van der Waals surface area contributed by atoms with Crippen LogP contribution in [-0.2, 0) is 4.79 Å². The average molecular weight is 223 g/mol. The molecule has 1 rings (SSSR count). The molecule has 0 aliphatic carbocycles. The molecule has 1 aromatic heterocycles. The summed E-state index contributed by atoms with van der Waals surface area (Å²) in [5.74, 6) is -0.258. The fourth-order valence-corrected chi connectivity index (χ4v) is 1.32. The Morgan fingerprint density at radius 2 is 2.19 bits per heavy atom. The molecule has 0 aromatic carbocycles. The highest BCUT2D eigenvalue weighted by atomic mass is 16.4. The van der Waals surface area contributed by atoms with Crippen LogP contribution in [0, 0.1) is 12.8 Å². The lowest BCUT2D eigenvalue weighted by Gasteiger charge is -2.08. The Kier molecular flexibility index (Phi) is 4.69. The highest BCUT2D eigenvalue weighted by Crippen LogP contribution is 2.08. The number of aromatic nitrogens is 2. The Bertz CT molecular complexity index is 355. The van der Waals surface area contributed by atoms with Crippen molar-refractivity contribution >= 4 is 11.8 Å². The van der Waals surface area contributed by atoms with E-state index in [0.29, 0.717) is 6.42 Å². The summed E-state index contributed by atoms with van der Waals surface area (Å²) in [5, 5.41) is 11.8. The fraction of sp³-hybridized carbons (Fsp3) is 0.545. The summed E-state index contributed by atoms with van der Waals surface area (Å²) in [6.45, 7) is 4.32. The van der Waals surface area contributed by atoms with Gasteiger partial charge < -0.3 is 10.4 Å². The SMILES string of the molecule is Cc1nccnc1NCCCC(C)C(=O)O. The molecule has 1 heterocycles. The number of aryl methyl sites for hydroxylation is 1. The molecule has 0 spiro atoms. The molecule has 1 atom stereocenters. The topological polar surface area (TPSA) is 75.1 Å². The van der Waals surface area contributed by atoms with Crippen molar-refractivity contribution in [3.05, 3.63) is 18.1 Å². The van der Waals surface area contributed by atoms with Gasteiger partial charge in [0.05, 0.1) is 11.6 Å². The average Bonchev–Trinajstić information content (AvgIpc) is 2.26. The number of hydrogen-bond donors (Lipinski definition) is 2. The van der Waals surface area contributed by atoms with Crippen molar-refractivity contribution < 1.29 is 9.90 Å².